The number of hydrogen-bond acceptors (Lipinski definition) is 2. The SMILES string of the molecule is CC[C@]1(O)CN(C)CC[C@@H]1c1ccccc1. The molecular weight excluding hydrogens is 198 g/mol. The van der Waals surface area contributed by atoms with Crippen LogP contribution in [0.1, 0.15) is 31.2 Å². The second-order valence-electron chi connectivity index (χ2n) is 4.95. The molecule has 0 amide bonds. The van der Waals surface area contributed by atoms with Crippen molar-refractivity contribution in [1.82, 2.24) is 4.90 Å². The second kappa shape index (κ2) is 4.56. The molecule has 0 unspecified atom stereocenters. The summed E-state index contributed by atoms with van der Waals surface area (Å²) in [6.45, 7) is 3.93. The van der Waals surface area contributed by atoms with Gasteiger partial charge in [0.25, 0.3) is 0 Å². The lowest BCUT2D eigenvalue weighted by Crippen LogP contribution is -2.51. The van der Waals surface area contributed by atoms with Crippen LogP contribution in [0.2, 0.25) is 0 Å². The zero-order chi connectivity index (χ0) is 11.6. The Morgan fingerprint density at radius 3 is 2.69 bits per heavy atom. The van der Waals surface area contributed by atoms with Crippen molar-refractivity contribution < 1.29 is 5.11 Å². The van der Waals surface area contributed by atoms with Crippen molar-refractivity contribution in [3.8, 4) is 0 Å². The molecule has 0 spiro atoms. The fourth-order valence-corrected chi connectivity index (χ4v) is 2.80. The molecule has 16 heavy (non-hydrogen) atoms. The number of nitrogens with zero attached hydrogens (tertiary/aromatic N) is 1. The number of piperidine rings is 1. The lowest BCUT2D eigenvalue weighted by molar-refractivity contribution is -0.0449. The Bertz CT molecular complexity index is 338. The van der Waals surface area contributed by atoms with E-state index in [1.807, 2.05) is 6.07 Å². The molecule has 0 bridgehead atoms. The number of aliphatic hydroxyl groups is 1. The number of benzene rings is 1. The van der Waals surface area contributed by atoms with Gasteiger partial charge in [-0.15, -0.1) is 0 Å². The normalized spacial score (nSPS) is 31.6. The van der Waals surface area contributed by atoms with Gasteiger partial charge in [0, 0.05) is 12.5 Å². The highest BCUT2D eigenvalue weighted by Crippen LogP contribution is 2.37. The minimum Gasteiger partial charge on any atom is -0.388 e. The molecule has 2 heteroatoms. The van der Waals surface area contributed by atoms with E-state index in [2.05, 4.69) is 43.1 Å². The first-order valence-electron chi connectivity index (χ1n) is 6.11. The Labute approximate surface area is 97.9 Å². The van der Waals surface area contributed by atoms with E-state index in [0.29, 0.717) is 0 Å². The largest absolute Gasteiger partial charge is 0.388 e. The van der Waals surface area contributed by atoms with Gasteiger partial charge in [-0.1, -0.05) is 37.3 Å². The Morgan fingerprint density at radius 2 is 2.06 bits per heavy atom. The van der Waals surface area contributed by atoms with Gasteiger partial charge in [0.15, 0.2) is 0 Å². The molecule has 1 fully saturated rings. The van der Waals surface area contributed by atoms with Crippen molar-refractivity contribution >= 4 is 0 Å². The Kier molecular flexibility index (Phi) is 3.31. The first-order valence-corrected chi connectivity index (χ1v) is 6.11. The molecule has 2 atom stereocenters. The molecule has 2 rings (SSSR count). The molecule has 0 aromatic heterocycles. The fraction of sp³-hybridized carbons (Fsp3) is 0.571. The first-order chi connectivity index (χ1) is 7.65. The molecule has 88 valence electrons. The minimum absolute atomic E-state index is 0.287. The smallest absolute Gasteiger partial charge is 0.0839 e. The standard InChI is InChI=1S/C14H21NO/c1-3-14(16)11-15(2)10-9-13(14)12-7-5-4-6-8-12/h4-8,13,16H,3,9-11H2,1-2H3/t13-,14+/m1/s1. The maximum absolute atomic E-state index is 10.7. The summed E-state index contributed by atoms with van der Waals surface area (Å²) in [7, 11) is 2.09. The predicted octanol–water partition coefficient (Wildman–Crippen LogP) is 2.25. The minimum atomic E-state index is -0.561. The third-order valence-electron chi connectivity index (χ3n) is 3.81. The fourth-order valence-electron chi connectivity index (χ4n) is 2.80. The molecule has 0 saturated carbocycles. The highest BCUT2D eigenvalue weighted by Gasteiger charge is 2.39. The van der Waals surface area contributed by atoms with E-state index in [-0.39, 0.29) is 5.92 Å². The van der Waals surface area contributed by atoms with E-state index in [0.717, 1.165) is 25.9 Å². The third-order valence-corrected chi connectivity index (χ3v) is 3.81. The Morgan fingerprint density at radius 1 is 1.38 bits per heavy atom. The summed E-state index contributed by atoms with van der Waals surface area (Å²) in [5, 5.41) is 10.7. The number of likely N-dealkylation sites (N-methyl/N-ethyl adjacent to an activating group) is 1. The molecule has 1 saturated heterocycles. The van der Waals surface area contributed by atoms with Gasteiger partial charge >= 0.3 is 0 Å². The van der Waals surface area contributed by atoms with Gasteiger partial charge in [-0.2, -0.15) is 0 Å². The van der Waals surface area contributed by atoms with Gasteiger partial charge in [0.1, 0.15) is 0 Å². The van der Waals surface area contributed by atoms with E-state index < -0.39 is 5.60 Å². The molecule has 0 aliphatic carbocycles. The van der Waals surface area contributed by atoms with Crippen molar-refractivity contribution in [2.75, 3.05) is 20.1 Å². The monoisotopic (exact) mass is 219 g/mol. The third kappa shape index (κ3) is 2.13. The van der Waals surface area contributed by atoms with Gasteiger partial charge < -0.3 is 10.0 Å². The van der Waals surface area contributed by atoms with Crippen molar-refractivity contribution in [1.29, 1.82) is 0 Å². The Hall–Kier alpha value is -0.860. The molecular formula is C14H21NO. The van der Waals surface area contributed by atoms with Gasteiger partial charge in [-0.3, -0.25) is 0 Å². The van der Waals surface area contributed by atoms with Gasteiger partial charge in [-0.25, -0.2) is 0 Å². The summed E-state index contributed by atoms with van der Waals surface area (Å²) in [5.74, 6) is 0.287. The molecule has 1 aromatic rings. The summed E-state index contributed by atoms with van der Waals surface area (Å²) in [4.78, 5) is 2.23. The predicted molar refractivity (Wildman–Crippen MR) is 66.5 cm³/mol. The topological polar surface area (TPSA) is 23.5 Å². The van der Waals surface area contributed by atoms with Crippen LogP contribution < -0.4 is 0 Å². The van der Waals surface area contributed by atoms with Crippen molar-refractivity contribution in [2.24, 2.45) is 0 Å². The maximum atomic E-state index is 10.7. The highest BCUT2D eigenvalue weighted by atomic mass is 16.3. The molecule has 1 aromatic carbocycles. The average molecular weight is 219 g/mol. The summed E-state index contributed by atoms with van der Waals surface area (Å²) in [6, 6.07) is 10.4. The molecule has 1 N–H and O–H groups in total. The number of likely N-dealkylation sites (tertiary alicyclic amines) is 1. The second-order valence-corrected chi connectivity index (χ2v) is 4.95. The molecule has 1 heterocycles. The van der Waals surface area contributed by atoms with E-state index in [1.165, 1.54) is 5.56 Å². The van der Waals surface area contributed by atoms with Crippen LogP contribution in [0.4, 0.5) is 0 Å². The van der Waals surface area contributed by atoms with Crippen molar-refractivity contribution in [3.63, 3.8) is 0 Å². The zero-order valence-corrected chi connectivity index (χ0v) is 10.2. The molecule has 1 aliphatic heterocycles. The Balaban J connectivity index is 2.26. The van der Waals surface area contributed by atoms with E-state index in [9.17, 15) is 5.11 Å². The quantitative estimate of drug-likeness (QED) is 0.824. The summed E-state index contributed by atoms with van der Waals surface area (Å²) in [5.41, 5.74) is 0.717. The molecule has 0 radical (unpaired) electrons. The summed E-state index contributed by atoms with van der Waals surface area (Å²) in [6.07, 6.45) is 1.86. The van der Waals surface area contributed by atoms with Crippen LogP contribution in [0.15, 0.2) is 30.3 Å². The van der Waals surface area contributed by atoms with Crippen LogP contribution >= 0.6 is 0 Å². The lowest BCUT2D eigenvalue weighted by atomic mass is 9.75. The van der Waals surface area contributed by atoms with Crippen molar-refractivity contribution in [2.45, 2.75) is 31.3 Å². The van der Waals surface area contributed by atoms with Crippen molar-refractivity contribution in [3.05, 3.63) is 35.9 Å². The van der Waals surface area contributed by atoms with Gasteiger partial charge in [0.05, 0.1) is 5.60 Å². The van der Waals surface area contributed by atoms with E-state index in [1.54, 1.807) is 0 Å². The van der Waals surface area contributed by atoms with Crippen LogP contribution in [-0.2, 0) is 0 Å². The number of β-amino-alcohol motifs (C(OH)–C–C–N with tert-alkyl or cyclic N) is 1. The first kappa shape index (κ1) is 11.6. The van der Waals surface area contributed by atoms with E-state index in [4.69, 9.17) is 0 Å². The number of hydrogen-bond donors (Lipinski definition) is 1. The van der Waals surface area contributed by atoms with E-state index >= 15 is 0 Å². The summed E-state index contributed by atoms with van der Waals surface area (Å²) < 4.78 is 0. The lowest BCUT2D eigenvalue weighted by Gasteiger charge is -2.43. The van der Waals surface area contributed by atoms with Crippen LogP contribution in [0.25, 0.3) is 0 Å². The molecule has 2 nitrogen and oxygen atoms in total. The van der Waals surface area contributed by atoms with Gasteiger partial charge in [0.2, 0.25) is 0 Å². The van der Waals surface area contributed by atoms with Crippen LogP contribution in [0, 0.1) is 0 Å². The highest BCUT2D eigenvalue weighted by molar-refractivity contribution is 5.24. The zero-order valence-electron chi connectivity index (χ0n) is 10.2. The average Bonchev–Trinajstić information content (AvgIpc) is 2.30. The van der Waals surface area contributed by atoms with Gasteiger partial charge in [-0.05, 0) is 32.0 Å². The summed E-state index contributed by atoms with van der Waals surface area (Å²) >= 11 is 0. The van der Waals surface area contributed by atoms with Crippen LogP contribution in [0.5, 0.6) is 0 Å². The number of rotatable bonds is 2. The maximum Gasteiger partial charge on any atom is 0.0839 e. The van der Waals surface area contributed by atoms with Crippen LogP contribution in [0.3, 0.4) is 0 Å². The molecule has 1 aliphatic rings. The van der Waals surface area contributed by atoms with Crippen LogP contribution in [-0.4, -0.2) is 35.7 Å².